The maximum absolute atomic E-state index is 12.7. The molecule has 6 heteroatoms. The molecule has 3 atom stereocenters. The van der Waals surface area contributed by atoms with E-state index in [2.05, 4.69) is 4.98 Å². The molecule has 0 spiro atoms. The minimum absolute atomic E-state index is 0.0482. The van der Waals surface area contributed by atoms with E-state index >= 15 is 0 Å². The molecule has 3 heterocycles. The number of rotatable bonds is 3. The average Bonchev–Trinajstić information content (AvgIpc) is 3.25. The van der Waals surface area contributed by atoms with E-state index in [1.165, 1.54) is 0 Å². The van der Waals surface area contributed by atoms with Gasteiger partial charge < -0.3 is 14.4 Å². The highest BCUT2D eigenvalue weighted by Gasteiger charge is 2.45. The molecule has 0 aromatic carbocycles. The standard InChI is InChI=1S/C17H18N2O3S/c20-17(12-6-10-23-11-12)19-8-9-21-16-13(19)4-5-14(16)22-15-3-1-2-7-18-15/h1-3,6-7,10-11,13-14,16H,4-5,8-9H2/t13-,14+,16+/m1/s1. The van der Waals surface area contributed by atoms with E-state index in [1.807, 2.05) is 39.9 Å². The van der Waals surface area contributed by atoms with Gasteiger partial charge in [0.2, 0.25) is 5.88 Å². The lowest BCUT2D eigenvalue weighted by Crippen LogP contribution is -2.54. The maximum Gasteiger partial charge on any atom is 0.255 e. The third kappa shape index (κ3) is 2.84. The average molecular weight is 330 g/mol. The molecule has 2 fully saturated rings. The minimum Gasteiger partial charge on any atom is -0.471 e. The topological polar surface area (TPSA) is 51.7 Å². The monoisotopic (exact) mass is 330 g/mol. The summed E-state index contributed by atoms with van der Waals surface area (Å²) in [5, 5.41) is 3.84. The molecule has 1 saturated heterocycles. The first-order valence-corrected chi connectivity index (χ1v) is 8.79. The van der Waals surface area contributed by atoms with Crippen LogP contribution in [0.1, 0.15) is 23.2 Å². The van der Waals surface area contributed by atoms with E-state index in [0.29, 0.717) is 19.0 Å². The summed E-state index contributed by atoms with van der Waals surface area (Å²) < 4.78 is 11.9. The van der Waals surface area contributed by atoms with E-state index in [9.17, 15) is 4.79 Å². The Morgan fingerprint density at radius 2 is 2.30 bits per heavy atom. The van der Waals surface area contributed by atoms with Gasteiger partial charge in [-0.05, 0) is 30.4 Å². The second-order valence-electron chi connectivity index (χ2n) is 5.81. The normalized spacial score (nSPS) is 26.8. The van der Waals surface area contributed by atoms with Crippen molar-refractivity contribution in [2.75, 3.05) is 13.2 Å². The van der Waals surface area contributed by atoms with E-state index in [-0.39, 0.29) is 24.2 Å². The van der Waals surface area contributed by atoms with Gasteiger partial charge >= 0.3 is 0 Å². The van der Waals surface area contributed by atoms with Crippen LogP contribution in [0.5, 0.6) is 5.88 Å². The van der Waals surface area contributed by atoms with Crippen LogP contribution in [0.3, 0.4) is 0 Å². The van der Waals surface area contributed by atoms with E-state index in [4.69, 9.17) is 9.47 Å². The molecule has 1 saturated carbocycles. The second-order valence-corrected chi connectivity index (χ2v) is 6.59. The lowest BCUT2D eigenvalue weighted by molar-refractivity contribution is -0.0793. The zero-order valence-corrected chi connectivity index (χ0v) is 13.4. The van der Waals surface area contributed by atoms with Crippen molar-refractivity contribution >= 4 is 17.2 Å². The van der Waals surface area contributed by atoms with Crippen molar-refractivity contribution in [1.29, 1.82) is 0 Å². The number of fused-ring (bicyclic) bond motifs is 1. The smallest absolute Gasteiger partial charge is 0.255 e. The highest BCUT2D eigenvalue weighted by atomic mass is 32.1. The van der Waals surface area contributed by atoms with Crippen molar-refractivity contribution in [3.05, 3.63) is 46.8 Å². The molecule has 2 aliphatic rings. The molecule has 0 unspecified atom stereocenters. The van der Waals surface area contributed by atoms with Gasteiger partial charge in [-0.15, -0.1) is 0 Å². The van der Waals surface area contributed by atoms with Gasteiger partial charge in [0, 0.05) is 24.2 Å². The van der Waals surface area contributed by atoms with Gasteiger partial charge in [0.15, 0.2) is 0 Å². The van der Waals surface area contributed by atoms with Crippen molar-refractivity contribution in [3.63, 3.8) is 0 Å². The molecule has 4 rings (SSSR count). The molecule has 5 nitrogen and oxygen atoms in total. The van der Waals surface area contributed by atoms with Gasteiger partial charge in [-0.25, -0.2) is 4.98 Å². The van der Waals surface area contributed by atoms with Gasteiger partial charge in [-0.3, -0.25) is 4.79 Å². The molecule has 1 aliphatic carbocycles. The van der Waals surface area contributed by atoms with Crippen molar-refractivity contribution < 1.29 is 14.3 Å². The number of carbonyl (C=O) groups excluding carboxylic acids is 1. The molecule has 23 heavy (non-hydrogen) atoms. The Bertz CT molecular complexity index is 662. The summed E-state index contributed by atoms with van der Waals surface area (Å²) in [5.41, 5.74) is 0.768. The number of nitrogens with zero attached hydrogens (tertiary/aromatic N) is 2. The summed E-state index contributed by atoms with van der Waals surface area (Å²) in [6, 6.07) is 7.59. The molecular formula is C17H18N2O3S. The second kappa shape index (κ2) is 6.29. The predicted octanol–water partition coefficient (Wildman–Crippen LogP) is 2.59. The summed E-state index contributed by atoms with van der Waals surface area (Å²) in [5.74, 6) is 0.714. The number of carbonyl (C=O) groups is 1. The molecule has 0 bridgehead atoms. The van der Waals surface area contributed by atoms with Crippen LogP contribution in [-0.4, -0.2) is 47.2 Å². The summed E-state index contributed by atoms with van der Waals surface area (Å²) >= 11 is 1.55. The van der Waals surface area contributed by atoms with Crippen molar-refractivity contribution in [1.82, 2.24) is 9.88 Å². The van der Waals surface area contributed by atoms with Crippen molar-refractivity contribution in [3.8, 4) is 5.88 Å². The van der Waals surface area contributed by atoms with Gasteiger partial charge in [-0.2, -0.15) is 11.3 Å². The van der Waals surface area contributed by atoms with Crippen molar-refractivity contribution in [2.45, 2.75) is 31.1 Å². The number of hydrogen-bond acceptors (Lipinski definition) is 5. The van der Waals surface area contributed by atoms with Gasteiger partial charge in [0.1, 0.15) is 12.2 Å². The van der Waals surface area contributed by atoms with Crippen LogP contribution in [0.15, 0.2) is 41.2 Å². The van der Waals surface area contributed by atoms with Crippen LogP contribution in [0.2, 0.25) is 0 Å². The van der Waals surface area contributed by atoms with Crippen LogP contribution < -0.4 is 4.74 Å². The van der Waals surface area contributed by atoms with Crippen LogP contribution in [0, 0.1) is 0 Å². The summed E-state index contributed by atoms with van der Waals surface area (Å²) in [6.45, 7) is 1.20. The Labute approximate surface area is 138 Å². The molecule has 0 radical (unpaired) electrons. The Kier molecular flexibility index (Phi) is 4.01. The highest BCUT2D eigenvalue weighted by molar-refractivity contribution is 7.08. The number of hydrogen-bond donors (Lipinski definition) is 0. The predicted molar refractivity (Wildman–Crippen MR) is 86.8 cm³/mol. The van der Waals surface area contributed by atoms with Gasteiger partial charge in [0.05, 0.1) is 18.2 Å². The number of amides is 1. The zero-order valence-electron chi connectivity index (χ0n) is 12.6. The third-order valence-electron chi connectivity index (χ3n) is 4.47. The molecular weight excluding hydrogens is 312 g/mol. The first-order valence-electron chi connectivity index (χ1n) is 7.85. The Hall–Kier alpha value is -1.92. The molecule has 1 amide bonds. The number of morpholine rings is 1. The number of ether oxygens (including phenoxy) is 2. The fourth-order valence-electron chi connectivity index (χ4n) is 3.42. The fourth-order valence-corrected chi connectivity index (χ4v) is 4.05. The van der Waals surface area contributed by atoms with Crippen LogP contribution in [0.25, 0.3) is 0 Å². The highest BCUT2D eigenvalue weighted by Crippen LogP contribution is 2.33. The van der Waals surface area contributed by atoms with Crippen LogP contribution >= 0.6 is 11.3 Å². The molecule has 120 valence electrons. The van der Waals surface area contributed by atoms with E-state index < -0.39 is 0 Å². The summed E-state index contributed by atoms with van der Waals surface area (Å²) in [7, 11) is 0. The summed E-state index contributed by atoms with van der Waals surface area (Å²) in [4.78, 5) is 18.9. The molecule has 2 aromatic heterocycles. The number of pyridine rings is 1. The minimum atomic E-state index is -0.0756. The maximum atomic E-state index is 12.7. The Morgan fingerprint density at radius 1 is 1.35 bits per heavy atom. The first kappa shape index (κ1) is 14.7. The SMILES string of the molecule is O=C(c1ccsc1)N1CCO[C@@H]2[C@@H](Oc3ccccn3)CC[C@H]21. The summed E-state index contributed by atoms with van der Waals surface area (Å²) in [6.07, 6.45) is 3.37. The molecule has 0 N–H and O–H groups in total. The fraction of sp³-hybridized carbons (Fsp3) is 0.412. The van der Waals surface area contributed by atoms with Crippen LogP contribution in [0.4, 0.5) is 0 Å². The third-order valence-corrected chi connectivity index (χ3v) is 5.16. The molecule has 1 aliphatic heterocycles. The lowest BCUT2D eigenvalue weighted by atomic mass is 10.1. The van der Waals surface area contributed by atoms with Gasteiger partial charge in [-0.1, -0.05) is 6.07 Å². The van der Waals surface area contributed by atoms with Crippen LogP contribution in [-0.2, 0) is 4.74 Å². The number of aromatic nitrogens is 1. The Morgan fingerprint density at radius 3 is 3.09 bits per heavy atom. The Balaban J connectivity index is 1.49. The lowest BCUT2D eigenvalue weighted by Gasteiger charge is -2.38. The quantitative estimate of drug-likeness (QED) is 0.868. The molecule has 2 aromatic rings. The van der Waals surface area contributed by atoms with E-state index in [0.717, 1.165) is 18.4 Å². The van der Waals surface area contributed by atoms with E-state index in [1.54, 1.807) is 17.5 Å². The van der Waals surface area contributed by atoms with Gasteiger partial charge in [0.25, 0.3) is 5.91 Å². The number of thiophene rings is 1. The van der Waals surface area contributed by atoms with Crippen molar-refractivity contribution in [2.24, 2.45) is 0 Å². The largest absolute Gasteiger partial charge is 0.471 e. The zero-order chi connectivity index (χ0) is 15.6. The first-order chi connectivity index (χ1) is 11.3.